The summed E-state index contributed by atoms with van der Waals surface area (Å²) in [6, 6.07) is 11.0. The number of benzene rings is 1. The lowest BCUT2D eigenvalue weighted by Crippen LogP contribution is -2.23. The second kappa shape index (κ2) is 6.44. The van der Waals surface area contributed by atoms with Gasteiger partial charge in [-0.05, 0) is 63.5 Å². The van der Waals surface area contributed by atoms with Crippen molar-refractivity contribution in [2.24, 2.45) is 0 Å². The molecule has 3 heteroatoms. The van der Waals surface area contributed by atoms with Crippen LogP contribution in [0.2, 0.25) is 0 Å². The van der Waals surface area contributed by atoms with Gasteiger partial charge in [0.15, 0.2) is 0 Å². The normalized spacial score (nSPS) is 16.9. The topological polar surface area (TPSA) is 21.1 Å². The maximum Gasteiger partial charge on any atom is 0.0648 e. The molecule has 0 N–H and O–H groups in total. The molecule has 21 heavy (non-hydrogen) atoms. The van der Waals surface area contributed by atoms with E-state index < -0.39 is 0 Å². The van der Waals surface area contributed by atoms with Gasteiger partial charge in [0.05, 0.1) is 11.4 Å². The van der Waals surface area contributed by atoms with Crippen molar-refractivity contribution in [3.63, 3.8) is 0 Å². The van der Waals surface area contributed by atoms with Crippen LogP contribution in [0.5, 0.6) is 0 Å². The van der Waals surface area contributed by atoms with E-state index in [2.05, 4.69) is 47.3 Å². The first-order valence-corrected chi connectivity index (χ1v) is 8.07. The van der Waals surface area contributed by atoms with Gasteiger partial charge in [-0.3, -0.25) is 4.90 Å². The molecular formula is C18H25N3. The minimum atomic E-state index is 1.07. The van der Waals surface area contributed by atoms with E-state index in [4.69, 9.17) is 0 Å². The van der Waals surface area contributed by atoms with E-state index in [0.717, 1.165) is 17.9 Å². The number of hydrogen-bond acceptors (Lipinski definition) is 2. The molecule has 0 radical (unpaired) electrons. The lowest BCUT2D eigenvalue weighted by Gasteiger charge is -2.19. The zero-order valence-electron chi connectivity index (χ0n) is 13.2. The van der Waals surface area contributed by atoms with Crippen LogP contribution in [0.25, 0.3) is 5.69 Å². The SMILES string of the molecule is Cc1cc(C)n(-c2ccc(CN3CCCCCC3)cc2)n1. The first-order valence-electron chi connectivity index (χ1n) is 8.07. The Kier molecular flexibility index (Phi) is 4.39. The Labute approximate surface area is 127 Å². The number of hydrogen-bond donors (Lipinski definition) is 0. The zero-order valence-corrected chi connectivity index (χ0v) is 13.2. The maximum atomic E-state index is 4.54. The fourth-order valence-electron chi connectivity index (χ4n) is 3.19. The van der Waals surface area contributed by atoms with Crippen LogP contribution in [-0.4, -0.2) is 27.8 Å². The van der Waals surface area contributed by atoms with Crippen LogP contribution >= 0.6 is 0 Å². The second-order valence-electron chi connectivity index (χ2n) is 6.20. The monoisotopic (exact) mass is 283 g/mol. The Balaban J connectivity index is 1.70. The van der Waals surface area contributed by atoms with Crippen LogP contribution in [0, 0.1) is 13.8 Å². The first-order chi connectivity index (χ1) is 10.2. The summed E-state index contributed by atoms with van der Waals surface area (Å²) in [7, 11) is 0. The Morgan fingerprint density at radius 2 is 1.62 bits per heavy atom. The Bertz CT molecular complexity index is 575. The predicted octanol–water partition coefficient (Wildman–Crippen LogP) is 3.87. The van der Waals surface area contributed by atoms with Crippen LogP contribution in [0.1, 0.15) is 42.6 Å². The molecule has 0 aliphatic carbocycles. The predicted molar refractivity (Wildman–Crippen MR) is 86.8 cm³/mol. The molecule has 1 aliphatic heterocycles. The highest BCUT2D eigenvalue weighted by atomic mass is 15.3. The van der Waals surface area contributed by atoms with E-state index in [1.807, 2.05) is 11.6 Å². The van der Waals surface area contributed by atoms with Crippen molar-refractivity contribution < 1.29 is 0 Å². The summed E-state index contributed by atoms with van der Waals surface area (Å²) in [4.78, 5) is 2.59. The minimum absolute atomic E-state index is 1.07. The van der Waals surface area contributed by atoms with Gasteiger partial charge in [0.1, 0.15) is 0 Å². The molecule has 1 aromatic heterocycles. The Morgan fingerprint density at radius 3 is 2.19 bits per heavy atom. The third-order valence-electron chi connectivity index (χ3n) is 4.30. The third kappa shape index (κ3) is 3.53. The van der Waals surface area contributed by atoms with Crippen LogP contribution in [-0.2, 0) is 6.54 Å². The number of rotatable bonds is 3. The number of aryl methyl sites for hydroxylation is 2. The summed E-state index contributed by atoms with van der Waals surface area (Å²) < 4.78 is 2.02. The zero-order chi connectivity index (χ0) is 14.7. The van der Waals surface area contributed by atoms with Gasteiger partial charge in [-0.1, -0.05) is 25.0 Å². The van der Waals surface area contributed by atoms with Gasteiger partial charge in [-0.15, -0.1) is 0 Å². The smallest absolute Gasteiger partial charge is 0.0648 e. The van der Waals surface area contributed by atoms with Crippen molar-refractivity contribution in [2.45, 2.75) is 46.1 Å². The molecule has 2 aromatic rings. The number of nitrogens with zero attached hydrogens (tertiary/aromatic N) is 3. The molecular weight excluding hydrogens is 258 g/mol. The van der Waals surface area contributed by atoms with Gasteiger partial charge in [0.2, 0.25) is 0 Å². The molecule has 112 valence electrons. The number of aromatic nitrogens is 2. The Morgan fingerprint density at radius 1 is 0.952 bits per heavy atom. The van der Waals surface area contributed by atoms with Crippen molar-refractivity contribution in [1.82, 2.24) is 14.7 Å². The molecule has 1 aromatic carbocycles. The molecule has 3 rings (SSSR count). The third-order valence-corrected chi connectivity index (χ3v) is 4.30. The van der Waals surface area contributed by atoms with Crippen molar-refractivity contribution in [2.75, 3.05) is 13.1 Å². The highest BCUT2D eigenvalue weighted by Gasteiger charge is 2.10. The lowest BCUT2D eigenvalue weighted by molar-refractivity contribution is 0.277. The summed E-state index contributed by atoms with van der Waals surface area (Å²) in [5, 5.41) is 4.54. The highest BCUT2D eigenvalue weighted by molar-refractivity contribution is 5.36. The summed E-state index contributed by atoms with van der Waals surface area (Å²) in [6.45, 7) is 7.72. The second-order valence-corrected chi connectivity index (χ2v) is 6.20. The van der Waals surface area contributed by atoms with Gasteiger partial charge < -0.3 is 0 Å². The summed E-state index contributed by atoms with van der Waals surface area (Å²) in [6.07, 6.45) is 5.49. The average Bonchev–Trinajstić information content (AvgIpc) is 2.67. The van der Waals surface area contributed by atoms with E-state index >= 15 is 0 Å². The Hall–Kier alpha value is -1.61. The maximum absolute atomic E-state index is 4.54. The molecule has 0 saturated carbocycles. The summed E-state index contributed by atoms with van der Waals surface area (Å²) in [5.74, 6) is 0. The van der Waals surface area contributed by atoms with Crippen molar-refractivity contribution >= 4 is 0 Å². The quantitative estimate of drug-likeness (QED) is 0.852. The lowest BCUT2D eigenvalue weighted by atomic mass is 10.2. The van der Waals surface area contributed by atoms with Gasteiger partial charge in [-0.25, -0.2) is 4.68 Å². The van der Waals surface area contributed by atoms with E-state index in [1.54, 1.807) is 0 Å². The largest absolute Gasteiger partial charge is 0.299 e. The minimum Gasteiger partial charge on any atom is -0.299 e. The highest BCUT2D eigenvalue weighted by Crippen LogP contribution is 2.16. The molecule has 1 saturated heterocycles. The average molecular weight is 283 g/mol. The van der Waals surface area contributed by atoms with Gasteiger partial charge in [0.25, 0.3) is 0 Å². The van der Waals surface area contributed by atoms with E-state index in [-0.39, 0.29) is 0 Å². The molecule has 3 nitrogen and oxygen atoms in total. The van der Waals surface area contributed by atoms with Crippen molar-refractivity contribution in [1.29, 1.82) is 0 Å². The van der Waals surface area contributed by atoms with E-state index in [0.29, 0.717) is 0 Å². The van der Waals surface area contributed by atoms with E-state index in [9.17, 15) is 0 Å². The molecule has 0 spiro atoms. The molecule has 1 fully saturated rings. The van der Waals surface area contributed by atoms with Gasteiger partial charge >= 0.3 is 0 Å². The standard InChI is InChI=1S/C18H25N3/c1-15-13-16(2)21(19-15)18-9-7-17(8-10-18)14-20-11-5-3-4-6-12-20/h7-10,13H,3-6,11-12,14H2,1-2H3. The molecule has 0 unspecified atom stereocenters. The fraction of sp³-hybridized carbons (Fsp3) is 0.500. The van der Waals surface area contributed by atoms with Crippen LogP contribution in [0.4, 0.5) is 0 Å². The molecule has 0 bridgehead atoms. The molecule has 0 amide bonds. The fourth-order valence-corrected chi connectivity index (χ4v) is 3.19. The van der Waals surface area contributed by atoms with Gasteiger partial charge in [-0.2, -0.15) is 5.10 Å². The van der Waals surface area contributed by atoms with Gasteiger partial charge in [0, 0.05) is 12.2 Å². The molecule has 1 aliphatic rings. The molecule has 2 heterocycles. The summed E-state index contributed by atoms with van der Waals surface area (Å²) in [5.41, 5.74) is 4.82. The van der Waals surface area contributed by atoms with Crippen LogP contribution < -0.4 is 0 Å². The first kappa shape index (κ1) is 14.3. The summed E-state index contributed by atoms with van der Waals surface area (Å²) >= 11 is 0. The van der Waals surface area contributed by atoms with E-state index in [1.165, 1.54) is 50.0 Å². The number of likely N-dealkylation sites (tertiary alicyclic amines) is 1. The van der Waals surface area contributed by atoms with Crippen LogP contribution in [0.15, 0.2) is 30.3 Å². The van der Waals surface area contributed by atoms with Crippen LogP contribution in [0.3, 0.4) is 0 Å². The molecule has 0 atom stereocenters. The van der Waals surface area contributed by atoms with Crippen molar-refractivity contribution in [3.8, 4) is 5.69 Å². The van der Waals surface area contributed by atoms with Crippen molar-refractivity contribution in [3.05, 3.63) is 47.3 Å².